The number of amides is 1. The predicted molar refractivity (Wildman–Crippen MR) is 82.3 cm³/mol. The normalized spacial score (nSPS) is 9.90. The summed E-state index contributed by atoms with van der Waals surface area (Å²) < 4.78 is 0. The number of hydrogen-bond donors (Lipinski definition) is 1. The summed E-state index contributed by atoms with van der Waals surface area (Å²) in [7, 11) is 1.67. The number of carbonyl (C=O) groups is 1. The fourth-order valence-electron chi connectivity index (χ4n) is 1.99. The first-order valence-corrected chi connectivity index (χ1v) is 6.56. The summed E-state index contributed by atoms with van der Waals surface area (Å²) >= 11 is 4.27. The molecule has 0 heterocycles. The van der Waals surface area contributed by atoms with Crippen LogP contribution in [0.2, 0.25) is 0 Å². The van der Waals surface area contributed by atoms with Crippen molar-refractivity contribution in [2.24, 2.45) is 0 Å². The third-order valence-electron chi connectivity index (χ3n) is 3.14. The third kappa shape index (κ3) is 2.68. The van der Waals surface area contributed by atoms with E-state index >= 15 is 0 Å². The maximum absolute atomic E-state index is 12.6. The van der Waals surface area contributed by atoms with Crippen molar-refractivity contribution >= 4 is 24.2 Å². The van der Waals surface area contributed by atoms with Gasteiger partial charge in [-0.25, -0.2) is 0 Å². The van der Waals surface area contributed by atoms with E-state index in [9.17, 15) is 4.79 Å². The monoisotopic (exact) mass is 282 g/mol. The van der Waals surface area contributed by atoms with Gasteiger partial charge in [-0.2, -0.15) is 5.26 Å². The molecule has 20 heavy (non-hydrogen) atoms. The first-order chi connectivity index (χ1) is 9.54. The molecule has 0 saturated heterocycles. The zero-order valence-electron chi connectivity index (χ0n) is 11.3. The Labute approximate surface area is 123 Å². The van der Waals surface area contributed by atoms with Crippen LogP contribution in [0.3, 0.4) is 0 Å². The minimum atomic E-state index is -0.152. The highest BCUT2D eigenvalue weighted by Crippen LogP contribution is 2.22. The van der Waals surface area contributed by atoms with E-state index in [4.69, 9.17) is 5.26 Å². The van der Waals surface area contributed by atoms with Crippen molar-refractivity contribution in [3.05, 3.63) is 59.2 Å². The molecule has 0 N–H and O–H groups in total. The van der Waals surface area contributed by atoms with Gasteiger partial charge in [-0.05, 0) is 36.8 Å². The molecule has 0 aromatic heterocycles. The van der Waals surface area contributed by atoms with E-state index in [1.54, 1.807) is 31.3 Å². The molecule has 3 nitrogen and oxygen atoms in total. The van der Waals surface area contributed by atoms with Crippen LogP contribution in [-0.2, 0) is 0 Å². The number of aryl methyl sites for hydroxylation is 1. The van der Waals surface area contributed by atoms with Gasteiger partial charge in [0.15, 0.2) is 0 Å². The number of rotatable bonds is 2. The van der Waals surface area contributed by atoms with Crippen LogP contribution in [0.15, 0.2) is 47.4 Å². The van der Waals surface area contributed by atoms with Crippen LogP contribution in [0, 0.1) is 18.3 Å². The standard InChI is InChI=1S/C16H14N2OS/c1-11-7-8-13(20)9-14(11)16(19)18(2)15-6-4-3-5-12(15)10-17/h3-9,20H,1-2H3. The molecule has 0 saturated carbocycles. The lowest BCUT2D eigenvalue weighted by atomic mass is 10.1. The topological polar surface area (TPSA) is 44.1 Å². The van der Waals surface area contributed by atoms with Crippen LogP contribution in [0.5, 0.6) is 0 Å². The molecule has 2 aromatic rings. The van der Waals surface area contributed by atoms with Crippen LogP contribution in [0.25, 0.3) is 0 Å². The Morgan fingerprint density at radius 2 is 1.95 bits per heavy atom. The molecular weight excluding hydrogens is 268 g/mol. The van der Waals surface area contributed by atoms with Gasteiger partial charge in [0.25, 0.3) is 5.91 Å². The Bertz CT molecular complexity index is 704. The summed E-state index contributed by atoms with van der Waals surface area (Å²) in [6.07, 6.45) is 0. The Morgan fingerprint density at radius 3 is 2.65 bits per heavy atom. The second-order valence-electron chi connectivity index (χ2n) is 4.49. The van der Waals surface area contributed by atoms with Crippen LogP contribution >= 0.6 is 12.6 Å². The highest BCUT2D eigenvalue weighted by molar-refractivity contribution is 7.80. The lowest BCUT2D eigenvalue weighted by molar-refractivity contribution is 0.0992. The van der Waals surface area contributed by atoms with Gasteiger partial charge in [0.1, 0.15) is 6.07 Å². The Balaban J connectivity index is 2.43. The van der Waals surface area contributed by atoms with Crippen molar-refractivity contribution in [1.82, 2.24) is 0 Å². The summed E-state index contributed by atoms with van der Waals surface area (Å²) in [4.78, 5) is 14.8. The van der Waals surface area contributed by atoms with E-state index in [1.807, 2.05) is 25.1 Å². The van der Waals surface area contributed by atoms with E-state index < -0.39 is 0 Å². The van der Waals surface area contributed by atoms with Gasteiger partial charge in [0.05, 0.1) is 11.3 Å². The van der Waals surface area contributed by atoms with Crippen molar-refractivity contribution < 1.29 is 4.79 Å². The molecule has 100 valence electrons. The summed E-state index contributed by atoms with van der Waals surface area (Å²) in [6, 6.07) is 14.6. The van der Waals surface area contributed by atoms with Crippen molar-refractivity contribution in [2.75, 3.05) is 11.9 Å². The van der Waals surface area contributed by atoms with Gasteiger partial charge < -0.3 is 4.90 Å². The van der Waals surface area contributed by atoms with E-state index in [1.165, 1.54) is 4.90 Å². The largest absolute Gasteiger partial charge is 0.310 e. The number of anilines is 1. The van der Waals surface area contributed by atoms with Crippen LogP contribution in [-0.4, -0.2) is 13.0 Å². The minimum Gasteiger partial charge on any atom is -0.310 e. The van der Waals surface area contributed by atoms with Gasteiger partial charge >= 0.3 is 0 Å². The number of para-hydroxylation sites is 1. The first-order valence-electron chi connectivity index (χ1n) is 6.11. The van der Waals surface area contributed by atoms with Crippen molar-refractivity contribution in [3.63, 3.8) is 0 Å². The molecule has 2 aromatic carbocycles. The maximum Gasteiger partial charge on any atom is 0.258 e. The highest BCUT2D eigenvalue weighted by Gasteiger charge is 2.18. The quantitative estimate of drug-likeness (QED) is 0.858. The number of nitriles is 1. The van der Waals surface area contributed by atoms with E-state index in [0.29, 0.717) is 16.8 Å². The second kappa shape index (κ2) is 5.81. The van der Waals surface area contributed by atoms with E-state index in [0.717, 1.165) is 10.5 Å². The Kier molecular flexibility index (Phi) is 4.11. The maximum atomic E-state index is 12.6. The van der Waals surface area contributed by atoms with Gasteiger partial charge in [0, 0.05) is 17.5 Å². The average molecular weight is 282 g/mol. The van der Waals surface area contributed by atoms with Crippen molar-refractivity contribution in [3.8, 4) is 6.07 Å². The minimum absolute atomic E-state index is 0.152. The molecule has 0 unspecified atom stereocenters. The van der Waals surface area contributed by atoms with E-state index in [2.05, 4.69) is 18.7 Å². The number of benzene rings is 2. The molecule has 0 aliphatic carbocycles. The van der Waals surface area contributed by atoms with Gasteiger partial charge in [-0.3, -0.25) is 4.79 Å². The molecule has 0 radical (unpaired) electrons. The molecule has 4 heteroatoms. The molecule has 0 spiro atoms. The van der Waals surface area contributed by atoms with Crippen LogP contribution in [0.1, 0.15) is 21.5 Å². The Hall–Kier alpha value is -2.25. The number of hydrogen-bond acceptors (Lipinski definition) is 3. The average Bonchev–Trinajstić information content (AvgIpc) is 2.48. The van der Waals surface area contributed by atoms with Gasteiger partial charge in [-0.1, -0.05) is 18.2 Å². The fourth-order valence-corrected chi connectivity index (χ4v) is 2.19. The smallest absolute Gasteiger partial charge is 0.258 e. The Morgan fingerprint density at radius 1 is 1.25 bits per heavy atom. The molecule has 0 fully saturated rings. The van der Waals surface area contributed by atoms with Crippen LogP contribution < -0.4 is 4.90 Å². The second-order valence-corrected chi connectivity index (χ2v) is 5.01. The molecule has 0 aliphatic heterocycles. The zero-order chi connectivity index (χ0) is 14.7. The number of thiol groups is 1. The number of nitrogens with zero attached hydrogens (tertiary/aromatic N) is 2. The lowest BCUT2D eigenvalue weighted by Crippen LogP contribution is -2.27. The highest BCUT2D eigenvalue weighted by atomic mass is 32.1. The van der Waals surface area contributed by atoms with Crippen molar-refractivity contribution in [2.45, 2.75) is 11.8 Å². The van der Waals surface area contributed by atoms with Gasteiger partial charge in [-0.15, -0.1) is 12.6 Å². The first kappa shape index (κ1) is 14.2. The molecule has 0 atom stereocenters. The predicted octanol–water partition coefficient (Wildman–Crippen LogP) is 3.43. The summed E-state index contributed by atoms with van der Waals surface area (Å²) in [5.74, 6) is -0.152. The summed E-state index contributed by atoms with van der Waals surface area (Å²) in [5.41, 5.74) is 2.55. The molecule has 2 rings (SSSR count). The molecule has 0 aliphatic rings. The molecular formula is C16H14N2OS. The number of carbonyl (C=O) groups excluding carboxylic acids is 1. The van der Waals surface area contributed by atoms with E-state index in [-0.39, 0.29) is 5.91 Å². The molecule has 0 bridgehead atoms. The lowest BCUT2D eigenvalue weighted by Gasteiger charge is -2.19. The fraction of sp³-hybridized carbons (Fsp3) is 0.125. The SMILES string of the molecule is Cc1ccc(S)cc1C(=O)N(C)c1ccccc1C#N. The van der Waals surface area contributed by atoms with Crippen LogP contribution in [0.4, 0.5) is 5.69 Å². The summed E-state index contributed by atoms with van der Waals surface area (Å²) in [6.45, 7) is 1.88. The summed E-state index contributed by atoms with van der Waals surface area (Å²) in [5, 5.41) is 9.12. The molecule has 1 amide bonds. The zero-order valence-corrected chi connectivity index (χ0v) is 12.2. The van der Waals surface area contributed by atoms with Gasteiger partial charge in [0.2, 0.25) is 0 Å². The van der Waals surface area contributed by atoms with Crippen molar-refractivity contribution in [1.29, 1.82) is 5.26 Å². The third-order valence-corrected chi connectivity index (χ3v) is 3.42.